The third kappa shape index (κ3) is 4.79. The Hall–Kier alpha value is -2.41. The van der Waals surface area contributed by atoms with Crippen molar-refractivity contribution in [3.8, 4) is 0 Å². The average Bonchev–Trinajstić information content (AvgIpc) is 2.47. The first-order valence-electron chi connectivity index (χ1n) is 6.72. The fraction of sp³-hybridized carbons (Fsp3) is 0.267. The van der Waals surface area contributed by atoms with Gasteiger partial charge in [-0.25, -0.2) is 14.2 Å². The number of hydrogen-bond donors (Lipinski definition) is 3. The summed E-state index contributed by atoms with van der Waals surface area (Å²) < 4.78 is 13.5. The minimum atomic E-state index is -0.869. The van der Waals surface area contributed by atoms with Gasteiger partial charge in [0.05, 0.1) is 17.0 Å². The van der Waals surface area contributed by atoms with Gasteiger partial charge in [-0.05, 0) is 39.3 Å². The largest absolute Gasteiger partial charge is 0.401 e. The average molecular weight is 341 g/mol. The number of nitrogens with two attached hydrogens (primary N) is 1. The van der Waals surface area contributed by atoms with Gasteiger partial charge in [-0.1, -0.05) is 17.7 Å². The highest BCUT2D eigenvalue weighted by Gasteiger charge is 2.18. The smallest absolute Gasteiger partial charge is 0.326 e. The van der Waals surface area contributed by atoms with E-state index >= 15 is 0 Å². The van der Waals surface area contributed by atoms with Gasteiger partial charge < -0.3 is 11.1 Å². The fourth-order valence-corrected chi connectivity index (χ4v) is 1.95. The molecule has 0 aliphatic rings. The first kappa shape index (κ1) is 18.6. The summed E-state index contributed by atoms with van der Waals surface area (Å²) in [6.07, 6.45) is 1.75. The van der Waals surface area contributed by atoms with Gasteiger partial charge in [-0.2, -0.15) is 0 Å². The Bertz CT molecular complexity index is 710. The van der Waals surface area contributed by atoms with Crippen molar-refractivity contribution in [2.24, 2.45) is 5.73 Å². The zero-order chi connectivity index (χ0) is 17.7. The molecule has 0 unspecified atom stereocenters. The number of hydrogen-bond acceptors (Lipinski definition) is 4. The lowest BCUT2D eigenvalue weighted by Crippen LogP contribution is -2.40. The molecule has 0 saturated carbocycles. The molecular formula is C15H18ClFN4O2. The Balaban J connectivity index is 2.92. The SMILES string of the molecule is C/C=C(C)\C(NC(=O)NC(=O)c1cc(F)c(C)nc1Cl)=C(\C)N. The third-order valence-electron chi connectivity index (χ3n) is 3.04. The number of rotatable bonds is 3. The van der Waals surface area contributed by atoms with Gasteiger partial charge in [-0.3, -0.25) is 10.1 Å². The van der Waals surface area contributed by atoms with Crippen LogP contribution in [0.15, 0.2) is 29.1 Å². The molecule has 23 heavy (non-hydrogen) atoms. The van der Waals surface area contributed by atoms with Crippen molar-refractivity contribution < 1.29 is 14.0 Å². The van der Waals surface area contributed by atoms with Crippen LogP contribution >= 0.6 is 11.6 Å². The van der Waals surface area contributed by atoms with Gasteiger partial charge in [0.25, 0.3) is 5.91 Å². The summed E-state index contributed by atoms with van der Waals surface area (Å²) in [5.41, 5.74) is 7.02. The van der Waals surface area contributed by atoms with Crippen LogP contribution in [0, 0.1) is 12.7 Å². The van der Waals surface area contributed by atoms with Crippen molar-refractivity contribution in [3.05, 3.63) is 51.3 Å². The molecular weight excluding hydrogens is 323 g/mol. The summed E-state index contributed by atoms with van der Waals surface area (Å²) >= 11 is 5.80. The summed E-state index contributed by atoms with van der Waals surface area (Å²) in [7, 11) is 0. The number of imide groups is 1. The van der Waals surface area contributed by atoms with E-state index in [1.165, 1.54) is 6.92 Å². The number of urea groups is 1. The summed E-state index contributed by atoms with van der Waals surface area (Å²) in [6, 6.07) is 0.114. The lowest BCUT2D eigenvalue weighted by Gasteiger charge is -2.13. The van der Waals surface area contributed by atoms with Gasteiger partial charge in [0.2, 0.25) is 0 Å². The number of aromatic nitrogens is 1. The van der Waals surface area contributed by atoms with Crippen molar-refractivity contribution in [3.63, 3.8) is 0 Å². The van der Waals surface area contributed by atoms with Gasteiger partial charge in [0.1, 0.15) is 11.0 Å². The molecule has 0 atom stereocenters. The molecule has 0 aromatic carbocycles. The van der Waals surface area contributed by atoms with Crippen LogP contribution in [0.5, 0.6) is 0 Å². The summed E-state index contributed by atoms with van der Waals surface area (Å²) in [6.45, 7) is 6.56. The lowest BCUT2D eigenvalue weighted by molar-refractivity contribution is 0.0964. The van der Waals surface area contributed by atoms with Crippen LogP contribution in [0.3, 0.4) is 0 Å². The van der Waals surface area contributed by atoms with Crippen LogP contribution in [0.2, 0.25) is 5.15 Å². The molecule has 0 aliphatic heterocycles. The second kappa shape index (κ2) is 7.73. The van der Waals surface area contributed by atoms with Crippen molar-refractivity contribution >= 4 is 23.5 Å². The second-order valence-corrected chi connectivity index (χ2v) is 5.19. The van der Waals surface area contributed by atoms with E-state index in [0.717, 1.165) is 11.6 Å². The molecule has 0 fully saturated rings. The van der Waals surface area contributed by atoms with E-state index in [9.17, 15) is 14.0 Å². The minimum Gasteiger partial charge on any atom is -0.401 e. The molecule has 1 aromatic heterocycles. The van der Waals surface area contributed by atoms with Gasteiger partial charge in [0.15, 0.2) is 0 Å². The van der Waals surface area contributed by atoms with E-state index in [1.807, 2.05) is 0 Å². The fourth-order valence-electron chi connectivity index (χ4n) is 1.68. The van der Waals surface area contributed by atoms with Crippen LogP contribution in [0.4, 0.5) is 9.18 Å². The summed E-state index contributed by atoms with van der Waals surface area (Å²) in [5, 5.41) is 4.33. The standard InChI is InChI=1S/C15H18ClFN4O2/c1-5-7(2)12(8(3)18)20-15(23)21-14(22)10-6-11(17)9(4)19-13(10)16/h5-6H,18H2,1-4H3,(H2,20,21,22,23)/b7-5-,12-8+. The number of allylic oxidation sites excluding steroid dienone is 3. The van der Waals surface area contributed by atoms with E-state index < -0.39 is 17.8 Å². The summed E-state index contributed by atoms with van der Waals surface area (Å²) in [5.74, 6) is -1.56. The first-order valence-corrected chi connectivity index (χ1v) is 7.09. The topological polar surface area (TPSA) is 97.1 Å². The third-order valence-corrected chi connectivity index (χ3v) is 3.32. The quantitative estimate of drug-likeness (QED) is 0.582. The molecule has 0 saturated heterocycles. The van der Waals surface area contributed by atoms with Gasteiger partial charge >= 0.3 is 6.03 Å². The number of nitrogens with zero attached hydrogens (tertiary/aromatic N) is 1. The number of halogens is 2. The molecule has 0 aliphatic carbocycles. The zero-order valence-electron chi connectivity index (χ0n) is 13.3. The van der Waals surface area contributed by atoms with Crippen LogP contribution in [-0.4, -0.2) is 16.9 Å². The molecule has 1 aromatic rings. The molecule has 1 heterocycles. The molecule has 6 nitrogen and oxygen atoms in total. The van der Waals surface area contributed by atoms with Crippen molar-refractivity contribution in [2.45, 2.75) is 27.7 Å². The minimum absolute atomic E-state index is 0.0590. The van der Waals surface area contributed by atoms with Crippen molar-refractivity contribution in [1.82, 2.24) is 15.6 Å². The predicted octanol–water partition coefficient (Wildman–Crippen LogP) is 2.78. The van der Waals surface area contributed by atoms with Gasteiger partial charge in [-0.15, -0.1) is 0 Å². The number of carbonyl (C=O) groups excluding carboxylic acids is 2. The Labute approximate surface area is 138 Å². The Morgan fingerprint density at radius 3 is 2.48 bits per heavy atom. The zero-order valence-corrected chi connectivity index (χ0v) is 14.0. The first-order chi connectivity index (χ1) is 10.7. The normalized spacial score (nSPS) is 12.5. The Kier molecular flexibility index (Phi) is 6.27. The molecule has 0 radical (unpaired) electrons. The maximum absolute atomic E-state index is 13.5. The van der Waals surface area contributed by atoms with E-state index in [2.05, 4.69) is 15.6 Å². The molecule has 8 heteroatoms. The highest BCUT2D eigenvalue weighted by molar-refractivity contribution is 6.33. The Morgan fingerprint density at radius 1 is 1.35 bits per heavy atom. The predicted molar refractivity (Wildman–Crippen MR) is 86.3 cm³/mol. The maximum Gasteiger partial charge on any atom is 0.326 e. The number of amides is 3. The highest BCUT2D eigenvalue weighted by atomic mass is 35.5. The highest BCUT2D eigenvalue weighted by Crippen LogP contribution is 2.16. The number of nitrogens with one attached hydrogen (secondary N) is 2. The van der Waals surface area contributed by atoms with Crippen LogP contribution in [-0.2, 0) is 0 Å². The van der Waals surface area contributed by atoms with Crippen LogP contribution in [0.1, 0.15) is 36.8 Å². The molecule has 3 amide bonds. The van der Waals surface area contributed by atoms with E-state index in [4.69, 9.17) is 17.3 Å². The maximum atomic E-state index is 13.5. The number of carbonyl (C=O) groups is 2. The molecule has 1 rings (SSSR count). The molecule has 0 spiro atoms. The Morgan fingerprint density at radius 2 is 1.96 bits per heavy atom. The summed E-state index contributed by atoms with van der Waals surface area (Å²) in [4.78, 5) is 27.6. The van der Waals surface area contributed by atoms with Crippen molar-refractivity contribution in [2.75, 3.05) is 0 Å². The van der Waals surface area contributed by atoms with Crippen molar-refractivity contribution in [1.29, 1.82) is 0 Å². The lowest BCUT2D eigenvalue weighted by atomic mass is 10.2. The van der Waals surface area contributed by atoms with E-state index in [1.54, 1.807) is 26.8 Å². The van der Waals surface area contributed by atoms with Gasteiger partial charge in [0, 0.05) is 5.70 Å². The molecule has 0 bridgehead atoms. The number of aryl methyl sites for hydroxylation is 1. The van der Waals surface area contributed by atoms with E-state index in [0.29, 0.717) is 11.4 Å². The molecule has 4 N–H and O–H groups in total. The monoisotopic (exact) mass is 340 g/mol. The second-order valence-electron chi connectivity index (χ2n) is 4.83. The van der Waals surface area contributed by atoms with Crippen LogP contribution in [0.25, 0.3) is 0 Å². The molecule has 124 valence electrons. The number of pyridine rings is 1. The van der Waals surface area contributed by atoms with E-state index in [-0.39, 0.29) is 16.4 Å². The van der Waals surface area contributed by atoms with Crippen LogP contribution < -0.4 is 16.4 Å².